The van der Waals surface area contributed by atoms with Crippen LogP contribution in [0.5, 0.6) is 0 Å². The zero-order valence-corrected chi connectivity index (χ0v) is 15.2. The van der Waals surface area contributed by atoms with Gasteiger partial charge in [-0.1, -0.05) is 60.7 Å². The van der Waals surface area contributed by atoms with Gasteiger partial charge in [0.1, 0.15) is 0 Å². The minimum atomic E-state index is 0.409. The quantitative estimate of drug-likeness (QED) is 0.621. The summed E-state index contributed by atoms with van der Waals surface area (Å²) in [5.41, 5.74) is 7.88. The van der Waals surface area contributed by atoms with Crippen LogP contribution in [0, 0.1) is 17.7 Å². The van der Waals surface area contributed by atoms with Crippen molar-refractivity contribution in [2.45, 2.75) is 26.2 Å². The molecule has 130 valence electrons. The molecule has 0 radical (unpaired) electrons. The first-order valence-corrected chi connectivity index (χ1v) is 8.95. The molecule has 2 aliphatic carbocycles. The number of nitrogens with one attached hydrogen (secondary N) is 2. The number of rotatable bonds is 3. The molecule has 0 aliphatic heterocycles. The van der Waals surface area contributed by atoms with Crippen molar-refractivity contribution in [3.05, 3.63) is 101 Å². The molecule has 0 saturated carbocycles. The van der Waals surface area contributed by atoms with E-state index in [0.29, 0.717) is 11.3 Å². The molecular formula is C24H24N2. The van der Waals surface area contributed by atoms with Crippen LogP contribution in [-0.4, -0.2) is 11.9 Å². The lowest BCUT2D eigenvalue weighted by atomic mass is 9.86. The van der Waals surface area contributed by atoms with Gasteiger partial charge < -0.3 is 10.8 Å². The fraction of sp³-hybridized carbons (Fsp3) is 0.167. The van der Waals surface area contributed by atoms with Crippen molar-refractivity contribution in [1.82, 2.24) is 0 Å². The zero-order chi connectivity index (χ0) is 18.5. The standard InChI is InChI=1S/C24H24N2/c1-17-7-5-11-19(13-17)23-14-18(2)8-6-12-22(23)20-9-3-4-10-21(16-25)24(26)15-20/h5-8,10-16,25-26H,2-4,9H2,1H3/b20-15+,21-10+,25-16?,26-24?. The van der Waals surface area contributed by atoms with E-state index in [9.17, 15) is 0 Å². The second-order valence-electron chi connectivity index (χ2n) is 6.72. The fourth-order valence-corrected chi connectivity index (χ4v) is 3.34. The topological polar surface area (TPSA) is 47.7 Å². The molecule has 0 aromatic heterocycles. The van der Waals surface area contributed by atoms with E-state index < -0.39 is 0 Å². The Morgan fingerprint density at radius 2 is 2.00 bits per heavy atom. The van der Waals surface area contributed by atoms with Crippen LogP contribution < -0.4 is 0 Å². The summed E-state index contributed by atoms with van der Waals surface area (Å²) in [5.74, 6) is 0. The molecular weight excluding hydrogens is 316 g/mol. The lowest BCUT2D eigenvalue weighted by molar-refractivity contribution is 0.838. The molecule has 2 N–H and O–H groups in total. The summed E-state index contributed by atoms with van der Waals surface area (Å²) >= 11 is 0. The van der Waals surface area contributed by atoms with Crippen LogP contribution in [0.2, 0.25) is 0 Å². The van der Waals surface area contributed by atoms with Crippen LogP contribution in [0.3, 0.4) is 0 Å². The van der Waals surface area contributed by atoms with Gasteiger partial charge in [-0.25, -0.2) is 0 Å². The van der Waals surface area contributed by atoms with Gasteiger partial charge in [-0.3, -0.25) is 0 Å². The lowest BCUT2D eigenvalue weighted by Crippen LogP contribution is -2.05. The second kappa shape index (κ2) is 7.92. The molecule has 0 atom stereocenters. The number of allylic oxidation sites excluding steroid dienone is 11. The second-order valence-corrected chi connectivity index (χ2v) is 6.72. The Morgan fingerprint density at radius 3 is 2.77 bits per heavy atom. The minimum absolute atomic E-state index is 0.409. The van der Waals surface area contributed by atoms with Crippen LogP contribution in [0.15, 0.2) is 89.6 Å². The molecule has 0 unspecified atom stereocenters. The Bertz CT molecular complexity index is 917. The number of hydrogen-bond acceptors (Lipinski definition) is 2. The highest BCUT2D eigenvalue weighted by molar-refractivity contribution is 6.20. The molecule has 0 saturated heterocycles. The summed E-state index contributed by atoms with van der Waals surface area (Å²) in [5, 5.41) is 15.9. The molecule has 2 aliphatic rings. The maximum atomic E-state index is 8.35. The predicted octanol–water partition coefficient (Wildman–Crippen LogP) is 6.14. The van der Waals surface area contributed by atoms with Crippen molar-refractivity contribution >= 4 is 17.5 Å². The monoisotopic (exact) mass is 340 g/mol. The van der Waals surface area contributed by atoms with Gasteiger partial charge in [0.2, 0.25) is 0 Å². The van der Waals surface area contributed by atoms with Gasteiger partial charge in [0.15, 0.2) is 0 Å². The largest absolute Gasteiger partial charge is 0.308 e. The minimum Gasteiger partial charge on any atom is -0.308 e. The molecule has 1 aromatic rings. The molecule has 0 bridgehead atoms. The highest BCUT2D eigenvalue weighted by atomic mass is 14.4. The molecule has 0 spiro atoms. The summed E-state index contributed by atoms with van der Waals surface area (Å²) in [6.45, 7) is 6.23. The van der Waals surface area contributed by atoms with E-state index in [1.807, 2.05) is 24.3 Å². The molecule has 2 nitrogen and oxygen atoms in total. The van der Waals surface area contributed by atoms with Crippen LogP contribution >= 0.6 is 0 Å². The van der Waals surface area contributed by atoms with E-state index >= 15 is 0 Å². The lowest BCUT2D eigenvalue weighted by Gasteiger charge is -2.18. The first kappa shape index (κ1) is 17.8. The smallest absolute Gasteiger partial charge is 0.0627 e. The highest BCUT2D eigenvalue weighted by Gasteiger charge is 2.16. The summed E-state index contributed by atoms with van der Waals surface area (Å²) in [6.07, 6.45) is 16.3. The Hall–Kier alpha value is -3.00. The predicted molar refractivity (Wildman–Crippen MR) is 112 cm³/mol. The Labute approximate surface area is 155 Å². The van der Waals surface area contributed by atoms with Gasteiger partial charge in [0.05, 0.1) is 5.71 Å². The van der Waals surface area contributed by atoms with E-state index in [0.717, 1.165) is 41.6 Å². The van der Waals surface area contributed by atoms with Crippen molar-refractivity contribution in [3.63, 3.8) is 0 Å². The number of benzene rings is 1. The molecule has 0 fully saturated rings. The van der Waals surface area contributed by atoms with Gasteiger partial charge in [-0.15, -0.1) is 0 Å². The Morgan fingerprint density at radius 1 is 1.15 bits per heavy atom. The first-order valence-electron chi connectivity index (χ1n) is 8.95. The summed E-state index contributed by atoms with van der Waals surface area (Å²) in [4.78, 5) is 0. The molecule has 3 rings (SSSR count). The van der Waals surface area contributed by atoms with Gasteiger partial charge >= 0.3 is 0 Å². The average molecular weight is 340 g/mol. The first-order chi connectivity index (χ1) is 12.6. The molecule has 0 amide bonds. The maximum Gasteiger partial charge on any atom is 0.0627 e. The van der Waals surface area contributed by atoms with Crippen molar-refractivity contribution in [1.29, 1.82) is 10.8 Å². The van der Waals surface area contributed by atoms with Crippen LogP contribution in [-0.2, 0) is 0 Å². The Balaban J connectivity index is 2.10. The SMILES string of the molecule is C=C1C=CC=C(/C2=C/C(=N)/C(C=N)=C/CCC2)C(c2cccc(C)c2)=C1. The highest BCUT2D eigenvalue weighted by Crippen LogP contribution is 2.35. The fourth-order valence-electron chi connectivity index (χ4n) is 3.34. The third-order valence-corrected chi connectivity index (χ3v) is 4.67. The normalized spacial score (nSPS) is 22.0. The van der Waals surface area contributed by atoms with Crippen LogP contribution in [0.1, 0.15) is 30.4 Å². The van der Waals surface area contributed by atoms with E-state index in [1.54, 1.807) is 0 Å². The van der Waals surface area contributed by atoms with Crippen molar-refractivity contribution in [2.24, 2.45) is 0 Å². The van der Waals surface area contributed by atoms with E-state index in [2.05, 4.69) is 49.9 Å². The number of hydrogen-bond donors (Lipinski definition) is 2. The van der Waals surface area contributed by atoms with Crippen LogP contribution in [0.25, 0.3) is 5.57 Å². The van der Waals surface area contributed by atoms with Gasteiger partial charge in [0, 0.05) is 11.8 Å². The zero-order valence-electron chi connectivity index (χ0n) is 15.2. The summed E-state index contributed by atoms with van der Waals surface area (Å²) in [7, 11) is 0. The van der Waals surface area contributed by atoms with E-state index in [1.165, 1.54) is 17.3 Å². The molecule has 0 heterocycles. The van der Waals surface area contributed by atoms with Crippen molar-refractivity contribution < 1.29 is 0 Å². The van der Waals surface area contributed by atoms with Crippen molar-refractivity contribution in [3.8, 4) is 0 Å². The van der Waals surface area contributed by atoms with E-state index in [-0.39, 0.29) is 0 Å². The van der Waals surface area contributed by atoms with Gasteiger partial charge in [-0.2, -0.15) is 0 Å². The average Bonchev–Trinajstić information content (AvgIpc) is 2.80. The summed E-state index contributed by atoms with van der Waals surface area (Å²) in [6, 6.07) is 8.50. The van der Waals surface area contributed by atoms with Crippen LogP contribution in [0.4, 0.5) is 0 Å². The third kappa shape index (κ3) is 3.97. The molecule has 2 heteroatoms. The van der Waals surface area contributed by atoms with E-state index in [4.69, 9.17) is 10.8 Å². The maximum absolute atomic E-state index is 8.35. The Kier molecular flexibility index (Phi) is 5.43. The molecule has 1 aromatic carbocycles. The summed E-state index contributed by atoms with van der Waals surface area (Å²) < 4.78 is 0. The van der Waals surface area contributed by atoms with Crippen molar-refractivity contribution in [2.75, 3.05) is 0 Å². The third-order valence-electron chi connectivity index (χ3n) is 4.67. The number of aryl methyl sites for hydroxylation is 1. The molecule has 26 heavy (non-hydrogen) atoms. The van der Waals surface area contributed by atoms with Gasteiger partial charge in [0.25, 0.3) is 0 Å². The van der Waals surface area contributed by atoms with Gasteiger partial charge in [-0.05, 0) is 66.2 Å².